The fourth-order valence-electron chi connectivity index (χ4n) is 2.91. The Labute approximate surface area is 151 Å². The van der Waals surface area contributed by atoms with Gasteiger partial charge in [0.2, 0.25) is 11.8 Å². The van der Waals surface area contributed by atoms with E-state index >= 15 is 0 Å². The molecule has 1 aliphatic carbocycles. The lowest BCUT2D eigenvalue weighted by molar-refractivity contribution is -0.139. The normalized spacial score (nSPS) is 19.2. The van der Waals surface area contributed by atoms with Gasteiger partial charge in [0.05, 0.1) is 16.8 Å². The molecule has 1 saturated carbocycles. The molecule has 24 heavy (non-hydrogen) atoms. The summed E-state index contributed by atoms with van der Waals surface area (Å²) >= 11 is 12.0. The fraction of sp³-hybridized carbons (Fsp3) is 0.529. The highest BCUT2D eigenvalue weighted by atomic mass is 35.5. The molecular formula is C17H21Cl2N3O2. The van der Waals surface area contributed by atoms with Crippen LogP contribution in [0.5, 0.6) is 0 Å². The molecule has 3 rings (SSSR count). The van der Waals surface area contributed by atoms with E-state index < -0.39 is 6.04 Å². The van der Waals surface area contributed by atoms with E-state index in [0.29, 0.717) is 28.8 Å². The molecule has 2 N–H and O–H groups in total. The van der Waals surface area contributed by atoms with E-state index in [9.17, 15) is 9.59 Å². The number of carbonyl (C=O) groups excluding carboxylic acids is 2. The second-order valence-electron chi connectivity index (χ2n) is 6.57. The molecule has 0 bridgehead atoms. The average Bonchev–Trinajstić information content (AvgIpc) is 2.42. The van der Waals surface area contributed by atoms with Crippen LogP contribution in [-0.4, -0.2) is 41.9 Å². The monoisotopic (exact) mass is 369 g/mol. The van der Waals surface area contributed by atoms with Crippen molar-refractivity contribution in [2.75, 3.05) is 18.4 Å². The number of halogens is 2. The zero-order valence-corrected chi connectivity index (χ0v) is 15.0. The van der Waals surface area contributed by atoms with Gasteiger partial charge in [-0.25, -0.2) is 0 Å². The minimum atomic E-state index is -0.396. The maximum atomic E-state index is 12.4. The molecule has 0 aromatic heterocycles. The first-order chi connectivity index (χ1) is 11.4. The van der Waals surface area contributed by atoms with Gasteiger partial charge in [0, 0.05) is 24.0 Å². The number of nitrogens with one attached hydrogen (secondary N) is 2. The highest BCUT2D eigenvalue weighted by Crippen LogP contribution is 2.27. The van der Waals surface area contributed by atoms with Gasteiger partial charge in [-0.1, -0.05) is 29.6 Å². The van der Waals surface area contributed by atoms with Crippen LogP contribution in [0, 0.1) is 5.92 Å². The van der Waals surface area contributed by atoms with Crippen molar-refractivity contribution in [1.29, 1.82) is 0 Å². The van der Waals surface area contributed by atoms with Crippen molar-refractivity contribution in [3.8, 4) is 0 Å². The summed E-state index contributed by atoms with van der Waals surface area (Å²) in [4.78, 5) is 26.1. The largest absolute Gasteiger partial charge is 0.373 e. The lowest BCUT2D eigenvalue weighted by atomic mass is 9.84. The number of hydrogen-bond acceptors (Lipinski definition) is 3. The van der Waals surface area contributed by atoms with Gasteiger partial charge in [0.1, 0.15) is 6.04 Å². The molecule has 1 aromatic carbocycles. The molecule has 1 saturated heterocycles. The Hall–Kier alpha value is -1.46. The van der Waals surface area contributed by atoms with Crippen LogP contribution in [0.2, 0.25) is 10.0 Å². The first-order valence-electron chi connectivity index (χ1n) is 8.25. The van der Waals surface area contributed by atoms with Crippen LogP contribution in [0.25, 0.3) is 0 Å². The van der Waals surface area contributed by atoms with Crippen molar-refractivity contribution in [3.05, 3.63) is 28.2 Å². The minimum Gasteiger partial charge on any atom is -0.373 e. The lowest BCUT2D eigenvalue weighted by Crippen LogP contribution is -2.63. The molecule has 7 heteroatoms. The summed E-state index contributed by atoms with van der Waals surface area (Å²) in [5.41, 5.74) is 0.678. The molecule has 1 heterocycles. The van der Waals surface area contributed by atoms with Gasteiger partial charge >= 0.3 is 0 Å². The number of hydrogen-bond donors (Lipinski definition) is 2. The highest BCUT2D eigenvalue weighted by Gasteiger charge is 2.36. The van der Waals surface area contributed by atoms with Gasteiger partial charge in [-0.3, -0.25) is 9.59 Å². The molecule has 1 unspecified atom stereocenters. The maximum Gasteiger partial charge on any atom is 0.244 e. The van der Waals surface area contributed by atoms with Crippen molar-refractivity contribution < 1.29 is 9.59 Å². The van der Waals surface area contributed by atoms with E-state index in [1.54, 1.807) is 30.0 Å². The average molecular weight is 370 g/mol. The van der Waals surface area contributed by atoms with Crippen LogP contribution in [0.15, 0.2) is 18.2 Å². The van der Waals surface area contributed by atoms with Gasteiger partial charge in [-0.2, -0.15) is 0 Å². The van der Waals surface area contributed by atoms with E-state index in [1.165, 1.54) is 0 Å². The van der Waals surface area contributed by atoms with E-state index in [0.717, 1.165) is 19.3 Å². The molecule has 1 atom stereocenters. The van der Waals surface area contributed by atoms with Crippen LogP contribution in [0.4, 0.5) is 5.69 Å². The number of carbonyl (C=O) groups is 2. The van der Waals surface area contributed by atoms with Gasteiger partial charge in [0.15, 0.2) is 0 Å². The molecule has 0 spiro atoms. The third-order valence-corrected chi connectivity index (χ3v) is 5.24. The smallest absolute Gasteiger partial charge is 0.244 e. The third kappa shape index (κ3) is 3.78. The van der Waals surface area contributed by atoms with Crippen molar-refractivity contribution in [2.45, 2.75) is 38.3 Å². The lowest BCUT2D eigenvalue weighted by Gasteiger charge is -2.42. The molecule has 2 aliphatic rings. The third-order valence-electron chi connectivity index (χ3n) is 4.69. The van der Waals surface area contributed by atoms with Gasteiger partial charge < -0.3 is 15.5 Å². The molecule has 5 nitrogen and oxygen atoms in total. The first kappa shape index (κ1) is 17.4. The summed E-state index contributed by atoms with van der Waals surface area (Å²) in [6.45, 7) is 2.93. The Kier molecular flexibility index (Phi) is 5.21. The van der Waals surface area contributed by atoms with E-state index in [1.807, 2.05) is 0 Å². The van der Waals surface area contributed by atoms with E-state index in [-0.39, 0.29) is 23.8 Å². The summed E-state index contributed by atoms with van der Waals surface area (Å²) < 4.78 is 0. The molecule has 1 aliphatic heterocycles. The van der Waals surface area contributed by atoms with Gasteiger partial charge in [-0.15, -0.1) is 0 Å². The standard InChI is InChI=1S/C17H21Cl2N3O2/c1-10(20-15-6-5-12(18)7-14(15)19)17(24)22-8-13(9-22)21-16(23)11-3-2-4-11/h5-7,10-11,13,20H,2-4,8-9H2,1H3,(H,21,23). The minimum absolute atomic E-state index is 0.00448. The molecule has 1 aromatic rings. The van der Waals surface area contributed by atoms with E-state index in [2.05, 4.69) is 10.6 Å². The molecule has 0 radical (unpaired) electrons. The Morgan fingerprint density at radius 2 is 1.96 bits per heavy atom. The van der Waals surface area contributed by atoms with Crippen molar-refractivity contribution in [1.82, 2.24) is 10.2 Å². The van der Waals surface area contributed by atoms with Crippen LogP contribution in [-0.2, 0) is 9.59 Å². The second kappa shape index (κ2) is 7.19. The number of nitrogens with zero attached hydrogens (tertiary/aromatic N) is 1. The number of anilines is 1. The predicted octanol–water partition coefficient (Wildman–Crippen LogP) is 2.92. The van der Waals surface area contributed by atoms with Crippen LogP contribution >= 0.6 is 23.2 Å². The zero-order chi connectivity index (χ0) is 17.3. The number of benzene rings is 1. The zero-order valence-electron chi connectivity index (χ0n) is 13.5. The first-order valence-corrected chi connectivity index (χ1v) is 9.00. The van der Waals surface area contributed by atoms with Crippen molar-refractivity contribution in [3.63, 3.8) is 0 Å². The summed E-state index contributed by atoms with van der Waals surface area (Å²) in [7, 11) is 0. The summed E-state index contributed by atoms with van der Waals surface area (Å²) in [6, 6.07) is 4.80. The van der Waals surface area contributed by atoms with Crippen LogP contribution in [0.3, 0.4) is 0 Å². The number of rotatable bonds is 5. The van der Waals surface area contributed by atoms with Crippen molar-refractivity contribution in [2.24, 2.45) is 5.92 Å². The van der Waals surface area contributed by atoms with Crippen LogP contribution in [0.1, 0.15) is 26.2 Å². The predicted molar refractivity (Wildman–Crippen MR) is 95.4 cm³/mol. The quantitative estimate of drug-likeness (QED) is 0.838. The summed E-state index contributed by atoms with van der Waals surface area (Å²) in [5.74, 6) is 0.315. The summed E-state index contributed by atoms with van der Waals surface area (Å²) in [6.07, 6.45) is 3.12. The van der Waals surface area contributed by atoms with E-state index in [4.69, 9.17) is 23.2 Å². The molecular weight excluding hydrogens is 349 g/mol. The molecule has 2 amide bonds. The summed E-state index contributed by atoms with van der Waals surface area (Å²) in [5, 5.41) is 7.16. The fourth-order valence-corrected chi connectivity index (χ4v) is 3.38. The SMILES string of the molecule is CC(Nc1ccc(Cl)cc1Cl)C(=O)N1CC(NC(=O)C2CCC2)C1. The Morgan fingerprint density at radius 1 is 1.25 bits per heavy atom. The van der Waals surface area contributed by atoms with Crippen LogP contribution < -0.4 is 10.6 Å². The van der Waals surface area contributed by atoms with Crippen molar-refractivity contribution >= 4 is 40.7 Å². The topological polar surface area (TPSA) is 61.4 Å². The highest BCUT2D eigenvalue weighted by molar-refractivity contribution is 6.36. The number of likely N-dealkylation sites (tertiary alicyclic amines) is 1. The van der Waals surface area contributed by atoms with Gasteiger partial charge in [-0.05, 0) is 38.0 Å². The Morgan fingerprint density at radius 3 is 2.54 bits per heavy atom. The second-order valence-corrected chi connectivity index (χ2v) is 7.41. The molecule has 130 valence electrons. The number of amides is 2. The Bertz CT molecular complexity index is 643. The van der Waals surface area contributed by atoms with Gasteiger partial charge in [0.25, 0.3) is 0 Å². The molecule has 2 fully saturated rings. The maximum absolute atomic E-state index is 12.4. The Balaban J connectivity index is 1.46.